The molecule has 0 unspecified atom stereocenters. The minimum absolute atomic E-state index is 1.43. The summed E-state index contributed by atoms with van der Waals surface area (Å²) < 4.78 is 141. The molecule has 13 heteroatoms. The highest BCUT2D eigenvalue weighted by Gasteiger charge is 3.03. The van der Waals surface area contributed by atoms with Crippen molar-refractivity contribution in [2.45, 2.75) is 34.2 Å². The molecule has 0 spiro atoms. The van der Waals surface area contributed by atoms with Crippen molar-refractivity contribution in [2.75, 3.05) is 0 Å². The van der Waals surface area contributed by atoms with Crippen LogP contribution >= 0.6 is 11.8 Å². The van der Waals surface area contributed by atoms with Crippen molar-refractivity contribution in [3.8, 4) is 0 Å². The first-order valence-corrected chi connectivity index (χ1v) is 5.49. The lowest BCUT2D eigenvalue weighted by Crippen LogP contribution is -2.62. The van der Waals surface area contributed by atoms with Gasteiger partial charge < -0.3 is 0 Å². The van der Waals surface area contributed by atoms with E-state index in [0.717, 1.165) is 0 Å². The normalized spacial score (nSPS) is 33.7. The first-order valence-electron chi connectivity index (χ1n) is 4.68. The molecule has 0 saturated carbocycles. The molecule has 1 aliphatic carbocycles. The number of hydrogen-bond donors (Lipinski definition) is 0. The monoisotopic (exact) mass is 356 g/mol. The molecule has 1 fully saturated rings. The number of alkyl halides is 12. The van der Waals surface area contributed by atoms with Gasteiger partial charge in [0.25, 0.3) is 0 Å². The van der Waals surface area contributed by atoms with Crippen LogP contribution < -0.4 is 0 Å². The lowest BCUT2D eigenvalue weighted by Gasteiger charge is -2.41. The summed E-state index contributed by atoms with van der Waals surface area (Å²) in [6.45, 7) is 0. The highest BCUT2D eigenvalue weighted by Crippen LogP contribution is 2.90. The second-order valence-corrected chi connectivity index (χ2v) is 5.63. The van der Waals surface area contributed by atoms with Crippen molar-refractivity contribution in [3.63, 3.8) is 0 Å². The van der Waals surface area contributed by atoms with Gasteiger partial charge in [0, 0.05) is 0 Å². The van der Waals surface area contributed by atoms with Crippen LogP contribution in [-0.4, -0.2) is 34.2 Å². The van der Waals surface area contributed by atoms with Gasteiger partial charge in [-0.05, 0) is 0 Å². The second kappa shape index (κ2) is 3.59. The third-order valence-electron chi connectivity index (χ3n) is 3.08. The molecule has 0 bridgehead atoms. The molecule has 1 saturated heterocycles. The second-order valence-electron chi connectivity index (χ2n) is 4.21. The molecule has 21 heavy (non-hydrogen) atoms. The predicted molar refractivity (Wildman–Crippen MR) is 44.3 cm³/mol. The largest absolute Gasteiger partial charge is 0.414 e. The maximum atomic E-state index is 12.6. The summed E-state index contributed by atoms with van der Waals surface area (Å²) in [6, 6.07) is 0. The zero-order chi connectivity index (χ0) is 16.9. The Balaban J connectivity index is 2.79. The first-order chi connectivity index (χ1) is 8.95. The third-order valence-corrected chi connectivity index (χ3v) is 4.97. The van der Waals surface area contributed by atoms with Gasteiger partial charge in [-0.15, -0.1) is 11.8 Å². The van der Waals surface area contributed by atoms with E-state index in [1.807, 2.05) is 0 Å². The molecule has 2 rings (SSSR count). The number of thioether (sulfide) groups is 1. The van der Waals surface area contributed by atoms with E-state index in [9.17, 15) is 52.7 Å². The number of halogens is 12. The fraction of sp³-hybridized carbons (Fsp3) is 0.750. The average molecular weight is 356 g/mol. The van der Waals surface area contributed by atoms with Crippen LogP contribution in [0.4, 0.5) is 52.7 Å². The summed E-state index contributed by atoms with van der Waals surface area (Å²) in [5.74, 6) is 0. The molecular formula is C8F12S. The van der Waals surface area contributed by atoms with Crippen LogP contribution in [0, 0.1) is 0 Å². The van der Waals surface area contributed by atoms with E-state index in [1.165, 1.54) is 0 Å². The van der Waals surface area contributed by atoms with E-state index < -0.39 is 57.1 Å². The molecule has 0 amide bonds. The van der Waals surface area contributed by atoms with E-state index in [-0.39, 0.29) is 0 Å². The lowest BCUT2D eigenvalue weighted by molar-refractivity contribution is -0.233. The van der Waals surface area contributed by atoms with E-state index in [0.29, 0.717) is 0 Å². The summed E-state index contributed by atoms with van der Waals surface area (Å²) in [5, 5.41) is 0. The minimum Gasteiger partial charge on any atom is -0.169 e. The molecular weight excluding hydrogens is 356 g/mol. The molecule has 0 aromatic carbocycles. The summed E-state index contributed by atoms with van der Waals surface area (Å²) >= 11 is -1.43. The highest BCUT2D eigenvalue weighted by atomic mass is 32.2. The zero-order valence-electron chi connectivity index (χ0n) is 8.94. The smallest absolute Gasteiger partial charge is 0.169 e. The lowest BCUT2D eigenvalue weighted by atomic mass is 9.66. The number of hydrogen-bond acceptors (Lipinski definition) is 1. The molecule has 122 valence electrons. The van der Waals surface area contributed by atoms with E-state index in [2.05, 4.69) is 0 Å². The van der Waals surface area contributed by atoms with Gasteiger partial charge in [0.05, 0.1) is 11.1 Å². The average Bonchev–Trinajstić information content (AvgIpc) is 2.61. The zero-order valence-corrected chi connectivity index (χ0v) is 9.76. The fourth-order valence-corrected chi connectivity index (χ4v) is 4.14. The van der Waals surface area contributed by atoms with Gasteiger partial charge in [-0.25, -0.2) is 0 Å². The van der Waals surface area contributed by atoms with Crippen LogP contribution in [0.2, 0.25) is 0 Å². The Morgan fingerprint density at radius 2 is 0.762 bits per heavy atom. The van der Waals surface area contributed by atoms with Gasteiger partial charge in [0.15, 0.2) is 9.49 Å². The Kier molecular flexibility index (Phi) is 2.84. The van der Waals surface area contributed by atoms with Crippen LogP contribution in [0.5, 0.6) is 0 Å². The maximum absolute atomic E-state index is 12.6. The van der Waals surface area contributed by atoms with Crippen LogP contribution in [-0.2, 0) is 0 Å². The third kappa shape index (κ3) is 1.69. The molecule has 1 aliphatic heterocycles. The van der Waals surface area contributed by atoms with Crippen molar-refractivity contribution in [3.05, 3.63) is 11.1 Å². The summed E-state index contributed by atoms with van der Waals surface area (Å²) in [6.07, 6.45) is -24.6. The van der Waals surface area contributed by atoms with Crippen molar-refractivity contribution < 1.29 is 52.7 Å². The molecule has 2 aliphatic rings. The minimum atomic E-state index is -6.18. The highest BCUT2D eigenvalue weighted by molar-refractivity contribution is 8.10. The number of fused-ring (bicyclic) bond motifs is 1. The molecule has 1 heterocycles. The fourth-order valence-electron chi connectivity index (χ4n) is 2.43. The van der Waals surface area contributed by atoms with Gasteiger partial charge in [-0.1, -0.05) is 0 Å². The molecule has 0 aromatic heterocycles. The topological polar surface area (TPSA) is 0 Å². The van der Waals surface area contributed by atoms with Crippen molar-refractivity contribution in [1.29, 1.82) is 0 Å². The van der Waals surface area contributed by atoms with Crippen LogP contribution in [0.15, 0.2) is 11.1 Å². The SMILES string of the molecule is FC(F)(F)C1=C(C(F)(F)F)[C@@]2(C(F)(F)F)S[C@@]12C(F)(F)F. The Morgan fingerprint density at radius 1 is 0.524 bits per heavy atom. The molecule has 0 nitrogen and oxygen atoms in total. The molecule has 0 aromatic rings. The van der Waals surface area contributed by atoms with Gasteiger partial charge in [-0.3, -0.25) is 0 Å². The Bertz CT molecular complexity index is 469. The van der Waals surface area contributed by atoms with Gasteiger partial charge in [-0.2, -0.15) is 52.7 Å². The Hall–Kier alpha value is -0.750. The van der Waals surface area contributed by atoms with E-state index in [4.69, 9.17) is 0 Å². The Morgan fingerprint density at radius 3 is 0.905 bits per heavy atom. The maximum Gasteiger partial charge on any atom is 0.414 e. The molecule has 0 radical (unpaired) electrons. The quantitative estimate of drug-likeness (QED) is 0.342. The first kappa shape index (κ1) is 16.6. The van der Waals surface area contributed by atoms with Crippen LogP contribution in [0.3, 0.4) is 0 Å². The summed E-state index contributed by atoms with van der Waals surface area (Å²) in [4.78, 5) is 0. The van der Waals surface area contributed by atoms with Crippen LogP contribution in [0.1, 0.15) is 0 Å². The standard InChI is InChI=1S/C8F12S/c9-5(10,11)1-2(6(12,13)14)4(8(18,19)20)3(1,21-4)7(15,16)17/t3-,4+. The van der Waals surface area contributed by atoms with Crippen molar-refractivity contribution in [2.24, 2.45) is 0 Å². The van der Waals surface area contributed by atoms with Gasteiger partial charge in [0.1, 0.15) is 0 Å². The van der Waals surface area contributed by atoms with E-state index in [1.54, 1.807) is 0 Å². The summed E-state index contributed by atoms with van der Waals surface area (Å²) in [7, 11) is 0. The van der Waals surface area contributed by atoms with Crippen molar-refractivity contribution in [1.82, 2.24) is 0 Å². The Labute approximate surface area is 111 Å². The predicted octanol–water partition coefficient (Wildman–Crippen LogP) is 4.77. The summed E-state index contributed by atoms with van der Waals surface area (Å²) in [5.41, 5.74) is -6.45. The van der Waals surface area contributed by atoms with Crippen molar-refractivity contribution >= 4 is 11.8 Å². The van der Waals surface area contributed by atoms with Crippen LogP contribution in [0.25, 0.3) is 0 Å². The van der Waals surface area contributed by atoms with Gasteiger partial charge in [0.2, 0.25) is 0 Å². The molecule has 2 atom stereocenters. The number of rotatable bonds is 0. The molecule has 0 N–H and O–H groups in total. The van der Waals surface area contributed by atoms with E-state index >= 15 is 0 Å². The van der Waals surface area contributed by atoms with Gasteiger partial charge >= 0.3 is 24.7 Å².